The van der Waals surface area contributed by atoms with Crippen molar-refractivity contribution in [3.63, 3.8) is 0 Å². The normalized spacial score (nSPS) is 12.2. The van der Waals surface area contributed by atoms with Gasteiger partial charge in [-0.25, -0.2) is 9.97 Å². The lowest BCUT2D eigenvalue weighted by Gasteiger charge is -2.25. The van der Waals surface area contributed by atoms with Crippen molar-refractivity contribution in [2.24, 2.45) is 0 Å². The van der Waals surface area contributed by atoms with Crippen LogP contribution < -0.4 is 24.8 Å². The quantitative estimate of drug-likeness (QED) is 0.278. The maximum atomic E-state index is 12.2. The molecular formula is C30H30N6O5. The topological polar surface area (TPSA) is 135 Å². The zero-order chi connectivity index (χ0) is 28.9. The number of hydrogen-bond donors (Lipinski definition) is 2. The highest BCUT2D eigenvalue weighted by atomic mass is 16.5. The van der Waals surface area contributed by atoms with Crippen molar-refractivity contribution >= 4 is 28.9 Å². The average Bonchev–Trinajstić information content (AvgIpc) is 3.42. The van der Waals surface area contributed by atoms with Crippen molar-refractivity contribution in [1.82, 2.24) is 14.9 Å². The van der Waals surface area contributed by atoms with Crippen molar-refractivity contribution in [2.75, 3.05) is 38.5 Å². The SMILES string of the molecule is COc1cc(Nc2ccc(Nc3ncc(C)c(-c4cc5c(o4)CN(C(=O)CC#N)CC5)n3)cc2)cc(OC)c1OC. The van der Waals surface area contributed by atoms with Gasteiger partial charge < -0.3 is 34.2 Å². The summed E-state index contributed by atoms with van der Waals surface area (Å²) in [5, 5.41) is 15.4. The number of anilines is 4. The van der Waals surface area contributed by atoms with E-state index in [1.54, 1.807) is 32.4 Å². The number of ether oxygens (including phenoxy) is 3. The molecule has 0 saturated carbocycles. The predicted molar refractivity (Wildman–Crippen MR) is 153 cm³/mol. The van der Waals surface area contributed by atoms with Crippen molar-refractivity contribution in [3.05, 3.63) is 65.5 Å². The van der Waals surface area contributed by atoms with E-state index >= 15 is 0 Å². The lowest BCUT2D eigenvalue weighted by atomic mass is 10.1. The standard InChI is InChI=1S/C30H30N6O5/c1-18-16-32-30(35-28(18)23-13-19-10-12-36(17-26(19)41-23)27(37)9-11-31)34-21-7-5-20(6-8-21)33-22-14-24(38-2)29(40-4)25(15-22)39-3/h5-8,13-16,33H,9-10,12,17H2,1-4H3,(H,32,34,35). The molecule has 0 bridgehead atoms. The van der Waals surface area contributed by atoms with Crippen LogP contribution in [0.25, 0.3) is 11.5 Å². The molecule has 0 spiro atoms. The van der Waals surface area contributed by atoms with Crippen LogP contribution in [-0.2, 0) is 17.8 Å². The van der Waals surface area contributed by atoms with E-state index in [4.69, 9.17) is 28.9 Å². The molecule has 5 rings (SSSR count). The number of amides is 1. The summed E-state index contributed by atoms with van der Waals surface area (Å²) in [7, 11) is 4.72. The Morgan fingerprint density at radius 3 is 2.34 bits per heavy atom. The van der Waals surface area contributed by atoms with E-state index in [0.717, 1.165) is 33.9 Å². The molecule has 41 heavy (non-hydrogen) atoms. The number of fused-ring (bicyclic) bond motifs is 1. The van der Waals surface area contributed by atoms with Gasteiger partial charge in [0.05, 0.1) is 33.9 Å². The molecule has 0 fully saturated rings. The third-order valence-corrected chi connectivity index (χ3v) is 6.76. The van der Waals surface area contributed by atoms with E-state index in [2.05, 4.69) is 15.6 Å². The van der Waals surface area contributed by atoms with E-state index in [1.165, 1.54) is 0 Å². The van der Waals surface area contributed by atoms with Gasteiger partial charge in [-0.1, -0.05) is 0 Å². The monoisotopic (exact) mass is 554 g/mol. The van der Waals surface area contributed by atoms with E-state index in [0.29, 0.717) is 54.2 Å². The number of carbonyl (C=O) groups is 1. The van der Waals surface area contributed by atoms with Gasteiger partial charge in [-0.3, -0.25) is 4.79 Å². The smallest absolute Gasteiger partial charge is 0.237 e. The van der Waals surface area contributed by atoms with Crippen LogP contribution >= 0.6 is 0 Å². The molecule has 210 valence electrons. The summed E-state index contributed by atoms with van der Waals surface area (Å²) in [6, 6.07) is 15.3. The van der Waals surface area contributed by atoms with Gasteiger partial charge in [0, 0.05) is 41.9 Å². The molecule has 2 aromatic heterocycles. The fourth-order valence-electron chi connectivity index (χ4n) is 4.67. The Kier molecular flexibility index (Phi) is 7.92. The lowest BCUT2D eigenvalue weighted by Crippen LogP contribution is -2.35. The van der Waals surface area contributed by atoms with Crippen LogP contribution in [0.4, 0.5) is 23.0 Å². The third kappa shape index (κ3) is 5.86. The molecule has 2 N–H and O–H groups in total. The van der Waals surface area contributed by atoms with Gasteiger partial charge in [-0.05, 0) is 54.8 Å². The average molecular weight is 555 g/mol. The molecule has 3 heterocycles. The molecule has 11 heteroatoms. The van der Waals surface area contributed by atoms with Gasteiger partial charge >= 0.3 is 0 Å². The highest BCUT2D eigenvalue weighted by Crippen LogP contribution is 2.40. The molecule has 1 aliphatic heterocycles. The molecule has 4 aromatic rings. The van der Waals surface area contributed by atoms with Gasteiger partial charge in [0.25, 0.3) is 0 Å². The minimum atomic E-state index is -0.189. The number of benzene rings is 2. The summed E-state index contributed by atoms with van der Waals surface area (Å²) >= 11 is 0. The first-order valence-corrected chi connectivity index (χ1v) is 13.0. The molecule has 2 aromatic carbocycles. The van der Waals surface area contributed by atoms with Crippen molar-refractivity contribution < 1.29 is 23.4 Å². The number of nitriles is 1. The Morgan fingerprint density at radius 2 is 1.71 bits per heavy atom. The van der Waals surface area contributed by atoms with Crippen LogP contribution in [-0.4, -0.2) is 48.6 Å². The second kappa shape index (κ2) is 11.9. The summed E-state index contributed by atoms with van der Waals surface area (Å²) in [6.45, 7) is 2.83. The number of methoxy groups -OCH3 is 3. The largest absolute Gasteiger partial charge is 0.493 e. The van der Waals surface area contributed by atoms with E-state index in [9.17, 15) is 4.79 Å². The highest BCUT2D eigenvalue weighted by molar-refractivity contribution is 5.78. The third-order valence-electron chi connectivity index (χ3n) is 6.76. The van der Waals surface area contributed by atoms with Crippen LogP contribution in [0.1, 0.15) is 23.3 Å². The molecule has 0 atom stereocenters. The minimum absolute atomic E-state index is 0.134. The summed E-state index contributed by atoms with van der Waals surface area (Å²) in [5.74, 6) is 3.23. The maximum Gasteiger partial charge on any atom is 0.237 e. The van der Waals surface area contributed by atoms with E-state index in [-0.39, 0.29) is 12.3 Å². The van der Waals surface area contributed by atoms with E-state index < -0.39 is 0 Å². The minimum Gasteiger partial charge on any atom is -0.493 e. The van der Waals surface area contributed by atoms with Crippen molar-refractivity contribution in [2.45, 2.75) is 26.3 Å². The van der Waals surface area contributed by atoms with Crippen molar-refractivity contribution in [3.8, 4) is 34.8 Å². The van der Waals surface area contributed by atoms with Crippen LogP contribution in [0.15, 0.2) is 53.1 Å². The summed E-state index contributed by atoms with van der Waals surface area (Å²) < 4.78 is 22.4. The number of nitrogens with zero attached hydrogens (tertiary/aromatic N) is 4. The summed E-state index contributed by atoms with van der Waals surface area (Å²) in [4.78, 5) is 23.0. The van der Waals surface area contributed by atoms with Crippen LogP contribution in [0.5, 0.6) is 17.2 Å². The summed E-state index contributed by atoms with van der Waals surface area (Å²) in [5.41, 5.74) is 5.03. The van der Waals surface area contributed by atoms with Gasteiger partial charge in [0.15, 0.2) is 17.3 Å². The predicted octanol–water partition coefficient (Wildman–Crippen LogP) is 5.36. The molecule has 0 aliphatic carbocycles. The van der Waals surface area contributed by atoms with Gasteiger partial charge in [0.2, 0.25) is 17.6 Å². The Labute approximate surface area is 237 Å². The number of furan rings is 1. The Bertz CT molecular complexity index is 1580. The molecule has 11 nitrogen and oxygen atoms in total. The number of aromatic nitrogens is 2. The molecular weight excluding hydrogens is 524 g/mol. The van der Waals surface area contributed by atoms with Crippen molar-refractivity contribution in [1.29, 1.82) is 5.26 Å². The second-order valence-electron chi connectivity index (χ2n) is 9.43. The molecule has 0 radical (unpaired) electrons. The van der Waals surface area contributed by atoms with Crippen LogP contribution in [0.2, 0.25) is 0 Å². The van der Waals surface area contributed by atoms with Crippen LogP contribution in [0.3, 0.4) is 0 Å². The first-order valence-electron chi connectivity index (χ1n) is 13.0. The number of hydrogen-bond acceptors (Lipinski definition) is 10. The first-order chi connectivity index (χ1) is 19.9. The molecule has 1 amide bonds. The number of aryl methyl sites for hydroxylation is 1. The van der Waals surface area contributed by atoms with E-state index in [1.807, 2.05) is 55.5 Å². The Balaban J connectivity index is 1.30. The number of nitrogens with one attached hydrogen (secondary N) is 2. The first kappa shape index (κ1) is 27.3. The fourth-order valence-corrected chi connectivity index (χ4v) is 4.67. The van der Waals surface area contributed by atoms with Gasteiger partial charge in [0.1, 0.15) is 17.9 Å². The number of rotatable bonds is 9. The molecule has 0 unspecified atom stereocenters. The Morgan fingerprint density at radius 1 is 1.02 bits per heavy atom. The highest BCUT2D eigenvalue weighted by Gasteiger charge is 2.25. The Hall–Kier alpha value is -5.24. The molecule has 1 aliphatic rings. The lowest BCUT2D eigenvalue weighted by molar-refractivity contribution is -0.131. The number of carbonyl (C=O) groups excluding carboxylic acids is 1. The maximum absolute atomic E-state index is 12.2. The fraction of sp³-hybridized carbons (Fsp3) is 0.267. The van der Waals surface area contributed by atoms with Gasteiger partial charge in [-0.15, -0.1) is 0 Å². The summed E-state index contributed by atoms with van der Waals surface area (Å²) in [6.07, 6.45) is 2.28. The molecule has 0 saturated heterocycles. The van der Waals surface area contributed by atoms with Gasteiger partial charge in [-0.2, -0.15) is 5.26 Å². The second-order valence-corrected chi connectivity index (χ2v) is 9.43. The zero-order valence-electron chi connectivity index (χ0n) is 23.3. The van der Waals surface area contributed by atoms with Crippen LogP contribution in [0, 0.1) is 18.3 Å². The zero-order valence-corrected chi connectivity index (χ0v) is 23.3.